The molecule has 0 radical (unpaired) electrons. The number of aryl methyl sites for hydroxylation is 2. The quantitative estimate of drug-likeness (QED) is 0.348. The van der Waals surface area contributed by atoms with Crippen molar-refractivity contribution >= 4 is 20.7 Å². The molecule has 2 aromatic heterocycles. The van der Waals surface area contributed by atoms with Crippen LogP contribution in [0.15, 0.2) is 61.5 Å². The van der Waals surface area contributed by atoms with E-state index in [0.717, 1.165) is 23.0 Å². The number of rotatable bonds is 8. The number of hydrogen-bond donors (Lipinski definition) is 0. The van der Waals surface area contributed by atoms with E-state index in [1.54, 1.807) is 33.1 Å². The predicted molar refractivity (Wildman–Crippen MR) is 139 cm³/mol. The molecule has 2 aromatic carbocycles. The molecule has 194 valence electrons. The van der Waals surface area contributed by atoms with Crippen molar-refractivity contribution in [2.45, 2.75) is 51.6 Å². The third-order valence-corrected chi connectivity index (χ3v) is 9.22. The minimum Gasteiger partial charge on any atom is -0.497 e. The number of benzene rings is 2. The zero-order chi connectivity index (χ0) is 26.5. The van der Waals surface area contributed by atoms with Crippen molar-refractivity contribution in [3.8, 4) is 5.75 Å². The summed E-state index contributed by atoms with van der Waals surface area (Å²) in [5.74, 6) is 1.18. The highest BCUT2D eigenvalue weighted by Crippen LogP contribution is 2.46. The number of nitrogens with zero attached hydrogens (tertiary/aromatic N) is 3. The lowest BCUT2D eigenvalue weighted by molar-refractivity contribution is 0.391. The van der Waals surface area contributed by atoms with E-state index >= 15 is 0 Å². The zero-order valence-electron chi connectivity index (χ0n) is 21.3. The fraction of sp³-hybridized carbons (Fsp3) is 0.370. The summed E-state index contributed by atoms with van der Waals surface area (Å²) in [5.41, 5.74) is 1.09. The van der Waals surface area contributed by atoms with Crippen molar-refractivity contribution < 1.29 is 17.7 Å². The molecule has 0 aliphatic heterocycles. The van der Waals surface area contributed by atoms with Crippen molar-refractivity contribution in [1.82, 2.24) is 14.3 Å². The molecule has 5 rings (SSSR count). The maximum absolute atomic E-state index is 13.7. The van der Waals surface area contributed by atoms with Crippen LogP contribution >= 0.6 is 0 Å². The summed E-state index contributed by atoms with van der Waals surface area (Å²) in [5, 5.41) is 4.10. The van der Waals surface area contributed by atoms with Crippen LogP contribution in [0.25, 0.3) is 10.9 Å². The first-order valence-corrected chi connectivity index (χ1v) is 13.7. The van der Waals surface area contributed by atoms with E-state index in [2.05, 4.69) is 5.16 Å². The highest BCUT2D eigenvalue weighted by Gasteiger charge is 2.41. The van der Waals surface area contributed by atoms with Gasteiger partial charge in [0.2, 0.25) is 0 Å². The molecule has 4 aromatic rings. The topological polar surface area (TPSA) is 113 Å². The van der Waals surface area contributed by atoms with Gasteiger partial charge in [-0.25, -0.2) is 13.2 Å². The van der Waals surface area contributed by atoms with E-state index in [1.807, 2.05) is 25.1 Å². The Hall–Kier alpha value is -3.66. The van der Waals surface area contributed by atoms with Crippen LogP contribution in [-0.4, -0.2) is 35.6 Å². The lowest BCUT2D eigenvalue weighted by atomic mass is 10.1. The molecular formula is C27H29N3O6S. The Morgan fingerprint density at radius 1 is 1.05 bits per heavy atom. The molecule has 1 aliphatic carbocycles. The summed E-state index contributed by atoms with van der Waals surface area (Å²) in [7, 11) is -2.04. The second-order valence-corrected chi connectivity index (χ2v) is 12.2. The van der Waals surface area contributed by atoms with Crippen molar-refractivity contribution in [2.24, 2.45) is 5.41 Å². The van der Waals surface area contributed by atoms with Crippen molar-refractivity contribution in [1.29, 1.82) is 0 Å². The SMILES string of the molecule is COc1cccc(Cn2c(=O)n(Cc3c(C)noc3C)c(=O)c3cc(S(=O)(=O)CC4(C)CC4)ccc32)c1. The van der Waals surface area contributed by atoms with Gasteiger partial charge in [-0.1, -0.05) is 24.2 Å². The van der Waals surface area contributed by atoms with Gasteiger partial charge < -0.3 is 9.26 Å². The fourth-order valence-electron chi connectivity index (χ4n) is 4.63. The first-order valence-electron chi connectivity index (χ1n) is 12.1. The fourth-order valence-corrected chi connectivity index (χ4v) is 6.57. The van der Waals surface area contributed by atoms with Crippen LogP contribution in [0.3, 0.4) is 0 Å². The number of aromatic nitrogens is 3. The molecule has 1 fully saturated rings. The Morgan fingerprint density at radius 2 is 1.81 bits per heavy atom. The molecule has 0 amide bonds. The Balaban J connectivity index is 1.71. The van der Waals surface area contributed by atoms with Gasteiger partial charge in [0.05, 0.1) is 47.4 Å². The number of ether oxygens (including phenoxy) is 1. The van der Waals surface area contributed by atoms with Crippen molar-refractivity contribution in [2.75, 3.05) is 12.9 Å². The average molecular weight is 524 g/mol. The number of hydrogen-bond acceptors (Lipinski definition) is 7. The van der Waals surface area contributed by atoms with Gasteiger partial charge in [0, 0.05) is 5.56 Å². The largest absolute Gasteiger partial charge is 0.497 e. The predicted octanol–water partition coefficient (Wildman–Crippen LogP) is 3.45. The third kappa shape index (κ3) is 4.73. The average Bonchev–Trinajstić information content (AvgIpc) is 3.50. The molecular weight excluding hydrogens is 494 g/mol. The van der Waals surface area contributed by atoms with Gasteiger partial charge in [0.15, 0.2) is 9.84 Å². The molecule has 10 heteroatoms. The summed E-state index contributed by atoms with van der Waals surface area (Å²) in [6.07, 6.45) is 1.73. The van der Waals surface area contributed by atoms with E-state index in [9.17, 15) is 18.0 Å². The van der Waals surface area contributed by atoms with Gasteiger partial charge in [0.25, 0.3) is 5.56 Å². The van der Waals surface area contributed by atoms with Crippen LogP contribution in [0.4, 0.5) is 0 Å². The van der Waals surface area contributed by atoms with Crippen LogP contribution in [0, 0.1) is 19.3 Å². The van der Waals surface area contributed by atoms with Crippen LogP contribution in [0.1, 0.15) is 42.3 Å². The third-order valence-electron chi connectivity index (χ3n) is 7.17. The molecule has 0 saturated heterocycles. The molecule has 0 unspecified atom stereocenters. The standard InChI is InChI=1S/C27H29N3O6S/c1-17-23(18(2)36-28-17)15-30-25(31)22-13-21(37(33,34)16-27(3)10-11-27)8-9-24(22)29(26(30)32)14-19-6-5-7-20(12-19)35-4/h5-9,12-13H,10-11,14-16H2,1-4H3. The molecule has 1 saturated carbocycles. The van der Waals surface area contributed by atoms with Gasteiger partial charge in [-0.05, 0) is 68.0 Å². The summed E-state index contributed by atoms with van der Waals surface area (Å²) in [6, 6.07) is 11.8. The summed E-state index contributed by atoms with van der Waals surface area (Å²) in [4.78, 5) is 27.5. The van der Waals surface area contributed by atoms with Crippen LogP contribution < -0.4 is 16.0 Å². The van der Waals surface area contributed by atoms with E-state index in [4.69, 9.17) is 9.26 Å². The molecule has 2 heterocycles. The Bertz CT molecular complexity index is 1720. The second-order valence-electron chi connectivity index (χ2n) is 10.2. The highest BCUT2D eigenvalue weighted by molar-refractivity contribution is 7.91. The van der Waals surface area contributed by atoms with Crippen LogP contribution in [-0.2, 0) is 22.9 Å². The molecule has 9 nitrogen and oxygen atoms in total. The summed E-state index contributed by atoms with van der Waals surface area (Å²) in [6.45, 7) is 5.55. The minimum atomic E-state index is -3.61. The second kappa shape index (κ2) is 9.02. The monoisotopic (exact) mass is 523 g/mol. The van der Waals surface area contributed by atoms with E-state index < -0.39 is 21.1 Å². The van der Waals surface area contributed by atoms with Gasteiger partial charge in [0.1, 0.15) is 11.5 Å². The molecule has 0 atom stereocenters. The van der Waals surface area contributed by atoms with Gasteiger partial charge in [-0.2, -0.15) is 0 Å². The number of sulfone groups is 1. The molecule has 0 N–H and O–H groups in total. The number of methoxy groups -OCH3 is 1. The first-order chi connectivity index (χ1) is 17.5. The molecule has 37 heavy (non-hydrogen) atoms. The smallest absolute Gasteiger partial charge is 0.332 e. The molecule has 0 spiro atoms. The number of fused-ring (bicyclic) bond motifs is 1. The highest BCUT2D eigenvalue weighted by atomic mass is 32.2. The Kier molecular flexibility index (Phi) is 6.10. The van der Waals surface area contributed by atoms with E-state index in [1.165, 1.54) is 16.7 Å². The Morgan fingerprint density at radius 3 is 2.46 bits per heavy atom. The first kappa shape index (κ1) is 25.0. The minimum absolute atomic E-state index is 0.0300. The Labute approximate surface area is 214 Å². The van der Waals surface area contributed by atoms with Crippen molar-refractivity contribution in [3.63, 3.8) is 0 Å². The molecule has 1 aliphatic rings. The maximum Gasteiger partial charge on any atom is 0.332 e. The lowest BCUT2D eigenvalue weighted by Crippen LogP contribution is -2.40. The van der Waals surface area contributed by atoms with Crippen LogP contribution in [0.5, 0.6) is 5.75 Å². The van der Waals surface area contributed by atoms with Gasteiger partial charge in [-0.3, -0.25) is 13.9 Å². The lowest BCUT2D eigenvalue weighted by Gasteiger charge is -2.16. The maximum atomic E-state index is 13.7. The van der Waals surface area contributed by atoms with Crippen molar-refractivity contribution in [3.05, 3.63) is 85.9 Å². The zero-order valence-corrected chi connectivity index (χ0v) is 22.1. The normalized spacial score (nSPS) is 14.7. The van der Waals surface area contributed by atoms with E-state index in [0.29, 0.717) is 28.3 Å². The van der Waals surface area contributed by atoms with Crippen LogP contribution in [0.2, 0.25) is 0 Å². The molecule has 0 bridgehead atoms. The van der Waals surface area contributed by atoms with Gasteiger partial charge >= 0.3 is 5.69 Å². The summed E-state index contributed by atoms with van der Waals surface area (Å²) < 4.78 is 39.5. The van der Waals surface area contributed by atoms with Gasteiger partial charge in [-0.15, -0.1) is 0 Å². The summed E-state index contributed by atoms with van der Waals surface area (Å²) >= 11 is 0. The van der Waals surface area contributed by atoms with E-state index in [-0.39, 0.29) is 34.5 Å².